The maximum absolute atomic E-state index is 9.49. The predicted octanol–water partition coefficient (Wildman–Crippen LogP) is 8.07. The van der Waals surface area contributed by atoms with Gasteiger partial charge in [0.05, 0.1) is 0 Å². The van der Waals surface area contributed by atoms with Crippen LogP contribution >= 0.6 is 11.6 Å². The fraction of sp³-hybridized carbons (Fsp3) is 0.111. The van der Waals surface area contributed by atoms with Gasteiger partial charge in [0.15, 0.2) is 0 Å². The third-order valence-electron chi connectivity index (χ3n) is 4.34. The van der Waals surface area contributed by atoms with Gasteiger partial charge >= 0.3 is 0 Å². The Kier molecular flexibility index (Phi) is 7.56. The molecule has 3 rings (SSSR count). The summed E-state index contributed by atoms with van der Waals surface area (Å²) in [6.45, 7) is 6.53. The molecule has 3 aromatic carbocycles. The first kappa shape index (κ1) is 22.7. The molecule has 0 aliphatic heterocycles. The summed E-state index contributed by atoms with van der Waals surface area (Å²) < 4.78 is 6.05. The molecule has 2 nitrogen and oxygen atoms in total. The molecule has 0 amide bonds. The van der Waals surface area contributed by atoms with Gasteiger partial charge in [-0.1, -0.05) is 72.3 Å². The van der Waals surface area contributed by atoms with Crippen LogP contribution in [0.25, 0.3) is 18.2 Å². The first-order chi connectivity index (χ1) is 14.8. The number of halogens is 1. The molecule has 0 bridgehead atoms. The molecular formula is C27H27ClO2Si. The maximum atomic E-state index is 9.49. The molecule has 0 saturated carbocycles. The average molecular weight is 447 g/mol. The van der Waals surface area contributed by atoms with Crippen molar-refractivity contribution in [1.82, 2.24) is 0 Å². The van der Waals surface area contributed by atoms with Crippen LogP contribution in [0.3, 0.4) is 0 Å². The lowest BCUT2D eigenvalue weighted by Gasteiger charge is -2.19. The molecule has 1 N–H and O–H groups in total. The van der Waals surface area contributed by atoms with Crippen LogP contribution in [0.4, 0.5) is 0 Å². The third kappa shape index (κ3) is 7.97. The number of rotatable bonds is 7. The molecule has 0 heterocycles. The number of aromatic hydroxyl groups is 1. The van der Waals surface area contributed by atoms with Crippen LogP contribution in [-0.4, -0.2) is 13.4 Å². The smallest absolute Gasteiger partial charge is 0.242 e. The Labute approximate surface area is 190 Å². The molecule has 31 heavy (non-hydrogen) atoms. The first-order valence-corrected chi connectivity index (χ1v) is 14.0. The lowest BCUT2D eigenvalue weighted by molar-refractivity contribution is 0.475. The summed E-state index contributed by atoms with van der Waals surface area (Å²) in [6.07, 6.45) is 10.4. The number of allylic oxidation sites excluding steroid dienone is 3. The first-order valence-electron chi connectivity index (χ1n) is 10.2. The Bertz CT molecular complexity index is 1010. The molecule has 0 unspecified atom stereocenters. The monoisotopic (exact) mass is 446 g/mol. The Morgan fingerprint density at radius 2 is 1.23 bits per heavy atom. The summed E-state index contributed by atoms with van der Waals surface area (Å²) in [4.78, 5) is 0. The van der Waals surface area contributed by atoms with Crippen molar-refractivity contribution in [3.05, 3.63) is 112 Å². The number of benzene rings is 3. The van der Waals surface area contributed by atoms with E-state index in [1.807, 2.05) is 54.6 Å². The maximum Gasteiger partial charge on any atom is 0.242 e. The van der Waals surface area contributed by atoms with Crippen LogP contribution in [0.15, 0.2) is 90.5 Å². The van der Waals surface area contributed by atoms with E-state index in [2.05, 4.69) is 56.1 Å². The van der Waals surface area contributed by atoms with E-state index in [0.717, 1.165) is 33.0 Å². The molecule has 0 aliphatic rings. The molecule has 0 aromatic heterocycles. The molecule has 0 aliphatic carbocycles. The van der Waals surface area contributed by atoms with Crippen LogP contribution in [0.5, 0.6) is 11.5 Å². The van der Waals surface area contributed by atoms with E-state index in [9.17, 15) is 5.11 Å². The largest absolute Gasteiger partial charge is 0.544 e. The van der Waals surface area contributed by atoms with E-state index in [0.29, 0.717) is 0 Å². The average Bonchev–Trinajstić information content (AvgIpc) is 2.72. The van der Waals surface area contributed by atoms with Gasteiger partial charge in [0.1, 0.15) is 11.5 Å². The number of phenols is 1. The molecule has 0 spiro atoms. The highest BCUT2D eigenvalue weighted by atomic mass is 35.5. The second-order valence-electron chi connectivity index (χ2n) is 8.24. The van der Waals surface area contributed by atoms with Crippen molar-refractivity contribution in [1.29, 1.82) is 0 Å². The van der Waals surface area contributed by atoms with Crippen molar-refractivity contribution >= 4 is 38.1 Å². The van der Waals surface area contributed by atoms with Gasteiger partial charge in [-0.3, -0.25) is 0 Å². The van der Waals surface area contributed by atoms with Crippen LogP contribution in [-0.2, 0) is 0 Å². The summed E-state index contributed by atoms with van der Waals surface area (Å²) in [5.41, 5.74) is 4.23. The Morgan fingerprint density at radius 3 is 1.74 bits per heavy atom. The molecule has 0 fully saturated rings. The third-order valence-corrected chi connectivity index (χ3v) is 5.44. The molecule has 3 aromatic rings. The van der Waals surface area contributed by atoms with Gasteiger partial charge in [0.25, 0.3) is 0 Å². The minimum Gasteiger partial charge on any atom is -0.544 e. The van der Waals surface area contributed by atoms with Crippen molar-refractivity contribution in [3.63, 3.8) is 0 Å². The molecule has 0 saturated heterocycles. The fourth-order valence-electron chi connectivity index (χ4n) is 2.87. The highest BCUT2D eigenvalue weighted by molar-refractivity contribution is 6.70. The van der Waals surface area contributed by atoms with Crippen LogP contribution < -0.4 is 4.43 Å². The second-order valence-corrected chi connectivity index (χ2v) is 13.1. The summed E-state index contributed by atoms with van der Waals surface area (Å²) in [5, 5.41) is 10.2. The summed E-state index contributed by atoms with van der Waals surface area (Å²) in [6, 6.07) is 23.1. The minimum atomic E-state index is -1.62. The van der Waals surface area contributed by atoms with Gasteiger partial charge < -0.3 is 9.53 Å². The standard InChI is InChI=1S/C27H27ClO2Si/c1-31(2,3)30-27-18-12-24(13-19-27)20-23(6-4-21-8-14-25(28)15-9-21)7-5-22-10-16-26(29)17-11-22/h4-20,29H,1-3H3. The quantitative estimate of drug-likeness (QED) is 0.293. The summed E-state index contributed by atoms with van der Waals surface area (Å²) in [7, 11) is -1.62. The summed E-state index contributed by atoms with van der Waals surface area (Å²) >= 11 is 5.99. The Balaban J connectivity index is 1.86. The van der Waals surface area contributed by atoms with E-state index in [4.69, 9.17) is 16.0 Å². The van der Waals surface area contributed by atoms with E-state index in [-0.39, 0.29) is 5.75 Å². The van der Waals surface area contributed by atoms with Gasteiger partial charge in [-0.15, -0.1) is 0 Å². The molecule has 158 valence electrons. The second kappa shape index (κ2) is 10.3. The zero-order chi connectivity index (χ0) is 22.3. The molecular weight excluding hydrogens is 420 g/mol. The lowest BCUT2D eigenvalue weighted by atomic mass is 10.1. The van der Waals surface area contributed by atoms with Crippen LogP contribution in [0.1, 0.15) is 16.7 Å². The van der Waals surface area contributed by atoms with Crippen LogP contribution in [0, 0.1) is 0 Å². The highest BCUT2D eigenvalue weighted by Crippen LogP contribution is 2.20. The normalized spacial score (nSPS) is 12.6. The highest BCUT2D eigenvalue weighted by Gasteiger charge is 2.15. The van der Waals surface area contributed by atoms with Crippen molar-refractivity contribution < 1.29 is 9.53 Å². The van der Waals surface area contributed by atoms with Gasteiger partial charge in [-0.05, 0) is 84.4 Å². The fourth-order valence-corrected chi connectivity index (χ4v) is 3.84. The lowest BCUT2D eigenvalue weighted by Crippen LogP contribution is -2.29. The number of hydrogen-bond acceptors (Lipinski definition) is 2. The van der Waals surface area contributed by atoms with E-state index < -0.39 is 8.32 Å². The topological polar surface area (TPSA) is 29.5 Å². The van der Waals surface area contributed by atoms with Crippen molar-refractivity contribution in [2.45, 2.75) is 19.6 Å². The predicted molar refractivity (Wildman–Crippen MR) is 136 cm³/mol. The Hall–Kier alpha value is -3.01. The number of hydrogen-bond donors (Lipinski definition) is 1. The van der Waals surface area contributed by atoms with Gasteiger partial charge in [-0.2, -0.15) is 0 Å². The summed E-state index contributed by atoms with van der Waals surface area (Å²) in [5.74, 6) is 1.17. The van der Waals surface area contributed by atoms with Crippen LogP contribution in [0.2, 0.25) is 24.7 Å². The zero-order valence-electron chi connectivity index (χ0n) is 18.0. The van der Waals surface area contributed by atoms with E-state index >= 15 is 0 Å². The SMILES string of the molecule is C[Si](C)(C)Oc1ccc(C=C(C=Cc2ccc(O)cc2)C=Cc2ccc(Cl)cc2)cc1. The number of phenolic OH excluding ortho intramolecular Hbond substituents is 1. The zero-order valence-corrected chi connectivity index (χ0v) is 19.8. The Morgan fingerprint density at radius 1 is 0.742 bits per heavy atom. The van der Waals surface area contributed by atoms with E-state index in [1.54, 1.807) is 12.1 Å². The molecule has 4 heteroatoms. The van der Waals surface area contributed by atoms with Crippen molar-refractivity contribution in [2.75, 3.05) is 0 Å². The minimum absolute atomic E-state index is 0.260. The van der Waals surface area contributed by atoms with Gasteiger partial charge in [0, 0.05) is 5.02 Å². The molecule has 0 atom stereocenters. The van der Waals surface area contributed by atoms with E-state index in [1.165, 1.54) is 0 Å². The van der Waals surface area contributed by atoms with Crippen molar-refractivity contribution in [3.8, 4) is 11.5 Å². The van der Waals surface area contributed by atoms with Gasteiger partial charge in [0.2, 0.25) is 8.32 Å². The molecule has 0 radical (unpaired) electrons. The van der Waals surface area contributed by atoms with Gasteiger partial charge in [-0.25, -0.2) is 0 Å². The van der Waals surface area contributed by atoms with Crippen molar-refractivity contribution in [2.24, 2.45) is 0 Å².